The highest BCUT2D eigenvalue weighted by Crippen LogP contribution is 2.31. The molecule has 0 aliphatic carbocycles. The molecule has 0 saturated carbocycles. The lowest BCUT2D eigenvalue weighted by molar-refractivity contribution is -0.143. The van der Waals surface area contributed by atoms with E-state index in [1.807, 2.05) is 7.05 Å². The lowest BCUT2D eigenvalue weighted by Gasteiger charge is -2.44. The standard InChI is InChI=1S/C13H24N2O3/c1-7-6-11(15(5)10(4)8(7)2)12(16)14-9(3)13(17)18/h7-11H,6H2,1-5H3,(H,14,16)(H,17,18)/t7?,8?,9-,10?,11?/m0/s1. The number of nitrogens with one attached hydrogen (secondary N) is 1. The van der Waals surface area contributed by atoms with Crippen molar-refractivity contribution >= 4 is 11.9 Å². The highest BCUT2D eigenvalue weighted by atomic mass is 16.4. The summed E-state index contributed by atoms with van der Waals surface area (Å²) in [6.45, 7) is 7.94. The summed E-state index contributed by atoms with van der Waals surface area (Å²) in [5, 5.41) is 11.4. The molecule has 0 spiro atoms. The Kier molecular flexibility index (Phi) is 4.73. The van der Waals surface area contributed by atoms with E-state index in [9.17, 15) is 9.59 Å². The predicted molar refractivity (Wildman–Crippen MR) is 69.2 cm³/mol. The summed E-state index contributed by atoms with van der Waals surface area (Å²) in [4.78, 5) is 24.9. The molecule has 1 amide bonds. The van der Waals surface area contributed by atoms with Gasteiger partial charge in [-0.15, -0.1) is 0 Å². The van der Waals surface area contributed by atoms with Crippen molar-refractivity contribution in [2.75, 3.05) is 7.05 Å². The van der Waals surface area contributed by atoms with Crippen LogP contribution in [-0.2, 0) is 9.59 Å². The number of carbonyl (C=O) groups excluding carboxylic acids is 1. The van der Waals surface area contributed by atoms with Gasteiger partial charge in [0.2, 0.25) is 5.91 Å². The molecule has 104 valence electrons. The highest BCUT2D eigenvalue weighted by molar-refractivity contribution is 5.86. The molecule has 1 heterocycles. The van der Waals surface area contributed by atoms with Crippen LogP contribution in [-0.4, -0.2) is 47.1 Å². The molecule has 0 aromatic rings. The summed E-state index contributed by atoms with van der Waals surface area (Å²) < 4.78 is 0. The Morgan fingerprint density at radius 3 is 2.39 bits per heavy atom. The van der Waals surface area contributed by atoms with Crippen molar-refractivity contribution in [2.24, 2.45) is 11.8 Å². The molecule has 5 nitrogen and oxygen atoms in total. The molecule has 18 heavy (non-hydrogen) atoms. The lowest BCUT2D eigenvalue weighted by Crippen LogP contribution is -2.57. The van der Waals surface area contributed by atoms with Crippen LogP contribution in [0, 0.1) is 11.8 Å². The molecule has 2 N–H and O–H groups in total. The fourth-order valence-corrected chi connectivity index (χ4v) is 2.53. The number of carboxylic acid groups (broad SMARTS) is 1. The quantitative estimate of drug-likeness (QED) is 0.788. The van der Waals surface area contributed by atoms with Crippen molar-refractivity contribution < 1.29 is 14.7 Å². The number of nitrogens with zero attached hydrogens (tertiary/aromatic N) is 1. The zero-order valence-corrected chi connectivity index (χ0v) is 11.8. The number of piperidine rings is 1. The third-order valence-electron chi connectivity index (χ3n) is 4.42. The Hall–Kier alpha value is -1.10. The summed E-state index contributed by atoms with van der Waals surface area (Å²) in [6.07, 6.45) is 0.778. The van der Waals surface area contributed by atoms with Crippen LogP contribution in [0.2, 0.25) is 0 Å². The average Bonchev–Trinajstić information content (AvgIpc) is 2.30. The predicted octanol–water partition coefficient (Wildman–Crippen LogP) is 0.941. The van der Waals surface area contributed by atoms with Crippen LogP contribution >= 0.6 is 0 Å². The third-order valence-corrected chi connectivity index (χ3v) is 4.42. The van der Waals surface area contributed by atoms with E-state index < -0.39 is 12.0 Å². The van der Waals surface area contributed by atoms with Gasteiger partial charge >= 0.3 is 5.97 Å². The summed E-state index contributed by atoms with van der Waals surface area (Å²) in [5.41, 5.74) is 0. The van der Waals surface area contributed by atoms with Gasteiger partial charge in [0.05, 0.1) is 6.04 Å². The number of likely N-dealkylation sites (N-methyl/N-ethyl adjacent to an activating group) is 1. The van der Waals surface area contributed by atoms with E-state index in [-0.39, 0.29) is 11.9 Å². The van der Waals surface area contributed by atoms with Crippen molar-refractivity contribution in [3.63, 3.8) is 0 Å². The van der Waals surface area contributed by atoms with Gasteiger partial charge in [-0.3, -0.25) is 14.5 Å². The van der Waals surface area contributed by atoms with E-state index in [2.05, 4.69) is 31.0 Å². The third kappa shape index (κ3) is 3.02. The Morgan fingerprint density at radius 1 is 1.33 bits per heavy atom. The van der Waals surface area contributed by atoms with Gasteiger partial charge in [0.25, 0.3) is 0 Å². The molecule has 1 saturated heterocycles. The van der Waals surface area contributed by atoms with Crippen LogP contribution in [0.4, 0.5) is 0 Å². The van der Waals surface area contributed by atoms with Gasteiger partial charge in [-0.05, 0) is 39.2 Å². The number of aliphatic carboxylic acids is 1. The molecule has 5 atom stereocenters. The summed E-state index contributed by atoms with van der Waals surface area (Å²) in [7, 11) is 1.93. The van der Waals surface area contributed by atoms with Gasteiger partial charge < -0.3 is 10.4 Å². The van der Waals surface area contributed by atoms with Crippen LogP contribution < -0.4 is 5.32 Å². The van der Waals surface area contributed by atoms with Gasteiger partial charge in [-0.2, -0.15) is 0 Å². The topological polar surface area (TPSA) is 69.6 Å². The lowest BCUT2D eigenvalue weighted by atomic mass is 9.79. The van der Waals surface area contributed by atoms with Gasteiger partial charge in [0.1, 0.15) is 6.04 Å². The first-order valence-electron chi connectivity index (χ1n) is 6.50. The van der Waals surface area contributed by atoms with Crippen molar-refractivity contribution in [1.82, 2.24) is 10.2 Å². The van der Waals surface area contributed by atoms with E-state index in [0.717, 1.165) is 6.42 Å². The molecule has 1 fully saturated rings. The first-order chi connectivity index (χ1) is 8.25. The van der Waals surface area contributed by atoms with Crippen LogP contribution in [0.25, 0.3) is 0 Å². The largest absolute Gasteiger partial charge is 0.480 e. The highest BCUT2D eigenvalue weighted by Gasteiger charge is 2.38. The van der Waals surface area contributed by atoms with Crippen LogP contribution in [0.5, 0.6) is 0 Å². The number of amides is 1. The second kappa shape index (κ2) is 5.69. The van der Waals surface area contributed by atoms with E-state index in [1.165, 1.54) is 6.92 Å². The Balaban J connectivity index is 2.70. The Bertz CT molecular complexity index is 332. The number of hydrogen-bond donors (Lipinski definition) is 2. The minimum atomic E-state index is -1.00. The maximum atomic E-state index is 12.1. The van der Waals surface area contributed by atoms with Crippen LogP contribution in [0.1, 0.15) is 34.1 Å². The van der Waals surface area contributed by atoms with Crippen LogP contribution in [0.3, 0.4) is 0 Å². The smallest absolute Gasteiger partial charge is 0.325 e. The minimum Gasteiger partial charge on any atom is -0.480 e. The molecule has 1 aliphatic rings. The zero-order valence-electron chi connectivity index (χ0n) is 11.8. The molecule has 4 unspecified atom stereocenters. The molecule has 1 aliphatic heterocycles. The van der Waals surface area contributed by atoms with E-state index in [1.54, 1.807) is 0 Å². The average molecular weight is 256 g/mol. The molecule has 1 rings (SSSR count). The van der Waals surface area contributed by atoms with E-state index in [4.69, 9.17) is 5.11 Å². The van der Waals surface area contributed by atoms with Crippen molar-refractivity contribution in [1.29, 1.82) is 0 Å². The second-order valence-corrected chi connectivity index (χ2v) is 5.56. The van der Waals surface area contributed by atoms with E-state index >= 15 is 0 Å². The fourth-order valence-electron chi connectivity index (χ4n) is 2.53. The number of carboxylic acids is 1. The molecule has 0 aromatic heterocycles. The molecule has 0 aromatic carbocycles. The Labute approximate surface area is 109 Å². The summed E-state index contributed by atoms with van der Waals surface area (Å²) >= 11 is 0. The molecule has 0 bridgehead atoms. The van der Waals surface area contributed by atoms with Gasteiger partial charge in [-0.1, -0.05) is 13.8 Å². The number of rotatable bonds is 3. The monoisotopic (exact) mass is 256 g/mol. The first-order valence-corrected chi connectivity index (χ1v) is 6.50. The number of likely N-dealkylation sites (tertiary alicyclic amines) is 1. The normalized spacial score (nSPS) is 34.9. The molecule has 0 radical (unpaired) electrons. The molecular formula is C13H24N2O3. The maximum Gasteiger partial charge on any atom is 0.325 e. The summed E-state index contributed by atoms with van der Waals surface area (Å²) in [6, 6.07) is -0.742. The SMILES string of the molecule is CC1CC(C(=O)N[C@@H](C)C(=O)O)N(C)C(C)C1C. The zero-order chi connectivity index (χ0) is 14.0. The van der Waals surface area contributed by atoms with Crippen molar-refractivity contribution in [3.05, 3.63) is 0 Å². The maximum absolute atomic E-state index is 12.1. The Morgan fingerprint density at radius 2 is 1.89 bits per heavy atom. The van der Waals surface area contributed by atoms with Crippen molar-refractivity contribution in [2.45, 2.75) is 52.2 Å². The van der Waals surface area contributed by atoms with E-state index in [0.29, 0.717) is 17.9 Å². The van der Waals surface area contributed by atoms with Crippen LogP contribution in [0.15, 0.2) is 0 Å². The van der Waals surface area contributed by atoms with Crippen molar-refractivity contribution in [3.8, 4) is 0 Å². The fraction of sp³-hybridized carbons (Fsp3) is 0.846. The number of carbonyl (C=O) groups is 2. The first kappa shape index (κ1) is 15.0. The molecular weight excluding hydrogens is 232 g/mol. The molecule has 5 heteroatoms. The van der Waals surface area contributed by atoms with Gasteiger partial charge in [0.15, 0.2) is 0 Å². The van der Waals surface area contributed by atoms with Gasteiger partial charge in [0, 0.05) is 6.04 Å². The van der Waals surface area contributed by atoms with Gasteiger partial charge in [-0.25, -0.2) is 0 Å². The second-order valence-electron chi connectivity index (χ2n) is 5.56. The minimum absolute atomic E-state index is 0.182. The number of hydrogen-bond acceptors (Lipinski definition) is 3. The summed E-state index contributed by atoms with van der Waals surface area (Å²) in [5.74, 6) is -0.183.